The number of ether oxygens (including phenoxy) is 2. The summed E-state index contributed by atoms with van der Waals surface area (Å²) in [5.41, 5.74) is 0.870. The Bertz CT molecular complexity index is 532. The van der Waals surface area contributed by atoms with E-state index >= 15 is 0 Å². The van der Waals surface area contributed by atoms with Gasteiger partial charge < -0.3 is 14.4 Å². The Balaban J connectivity index is 1.99. The lowest BCUT2D eigenvalue weighted by Crippen LogP contribution is -2.57. The fourth-order valence-electron chi connectivity index (χ4n) is 2.61. The van der Waals surface area contributed by atoms with E-state index in [-0.39, 0.29) is 0 Å². The molecule has 1 aromatic rings. The molecule has 5 heteroatoms. The van der Waals surface area contributed by atoms with Crippen molar-refractivity contribution in [3.63, 3.8) is 0 Å². The maximum Gasteiger partial charge on any atom is 0.343 e. The van der Waals surface area contributed by atoms with Crippen LogP contribution >= 0.6 is 0 Å². The number of benzene rings is 1. The number of hydrogen-bond acceptors (Lipinski definition) is 5. The smallest absolute Gasteiger partial charge is 0.343 e. The molecule has 20 heavy (non-hydrogen) atoms. The van der Waals surface area contributed by atoms with Gasteiger partial charge in [0, 0.05) is 30.8 Å². The number of piperidine rings is 1. The molecule has 1 fully saturated rings. The number of carbonyl (C=O) groups excluding carboxylic acids is 2. The Hall–Kier alpha value is -2.30. The first kappa shape index (κ1) is 12.7. The van der Waals surface area contributed by atoms with Crippen LogP contribution in [0.2, 0.25) is 0 Å². The van der Waals surface area contributed by atoms with Gasteiger partial charge in [-0.05, 0) is 25.0 Å². The highest BCUT2D eigenvalue weighted by Crippen LogP contribution is 2.36. The van der Waals surface area contributed by atoms with Gasteiger partial charge in [0.2, 0.25) is 0 Å². The maximum absolute atomic E-state index is 11.7. The Labute approximate surface area is 116 Å². The Morgan fingerprint density at radius 2 is 1.60 bits per heavy atom. The van der Waals surface area contributed by atoms with Crippen molar-refractivity contribution in [3.05, 3.63) is 42.5 Å². The fourth-order valence-corrected chi connectivity index (χ4v) is 2.61. The van der Waals surface area contributed by atoms with Crippen molar-refractivity contribution in [2.75, 3.05) is 11.4 Å². The standard InChI is InChI=1S/C15H15NO4/c17-13-8-9-14(18)20-15(19-13)10-4-5-11-16(15)12-6-2-1-3-7-12/h1-3,6-9H,4-5,10-11H2. The third-order valence-corrected chi connectivity index (χ3v) is 3.48. The summed E-state index contributed by atoms with van der Waals surface area (Å²) in [7, 11) is 0. The zero-order chi connectivity index (χ0) is 14.0. The van der Waals surface area contributed by atoms with Crippen LogP contribution in [0.4, 0.5) is 5.69 Å². The van der Waals surface area contributed by atoms with E-state index in [0.29, 0.717) is 13.0 Å². The van der Waals surface area contributed by atoms with Crippen LogP contribution in [-0.4, -0.2) is 24.4 Å². The number of para-hydroxylation sites is 1. The predicted molar refractivity (Wildman–Crippen MR) is 71.7 cm³/mol. The van der Waals surface area contributed by atoms with Crippen molar-refractivity contribution in [2.45, 2.75) is 25.2 Å². The van der Waals surface area contributed by atoms with Gasteiger partial charge in [-0.25, -0.2) is 9.59 Å². The number of carbonyl (C=O) groups is 2. The molecule has 1 spiro atoms. The van der Waals surface area contributed by atoms with Crippen molar-refractivity contribution < 1.29 is 19.1 Å². The molecule has 0 radical (unpaired) electrons. The van der Waals surface area contributed by atoms with Gasteiger partial charge in [-0.3, -0.25) is 0 Å². The minimum Gasteiger partial charge on any atom is -0.400 e. The molecule has 0 saturated carbocycles. The van der Waals surface area contributed by atoms with Crippen molar-refractivity contribution in [2.24, 2.45) is 0 Å². The summed E-state index contributed by atoms with van der Waals surface area (Å²) in [4.78, 5) is 25.3. The van der Waals surface area contributed by atoms with Crippen LogP contribution in [0.1, 0.15) is 19.3 Å². The lowest BCUT2D eigenvalue weighted by molar-refractivity contribution is -0.226. The molecule has 2 aliphatic rings. The van der Waals surface area contributed by atoms with Crippen LogP contribution < -0.4 is 4.90 Å². The van der Waals surface area contributed by atoms with Crippen LogP contribution in [0.5, 0.6) is 0 Å². The Morgan fingerprint density at radius 1 is 0.950 bits per heavy atom. The van der Waals surface area contributed by atoms with Crippen LogP contribution in [0, 0.1) is 0 Å². The summed E-state index contributed by atoms with van der Waals surface area (Å²) >= 11 is 0. The molecule has 0 bridgehead atoms. The van der Waals surface area contributed by atoms with Gasteiger partial charge in [0.15, 0.2) is 0 Å². The van der Waals surface area contributed by atoms with Gasteiger partial charge in [0.1, 0.15) is 0 Å². The van der Waals surface area contributed by atoms with Gasteiger partial charge in [0.25, 0.3) is 0 Å². The lowest BCUT2D eigenvalue weighted by atomic mass is 10.1. The summed E-state index contributed by atoms with van der Waals surface area (Å²) in [5.74, 6) is -2.44. The van der Waals surface area contributed by atoms with Gasteiger partial charge in [-0.2, -0.15) is 0 Å². The third kappa shape index (κ3) is 2.27. The fraction of sp³-hybridized carbons (Fsp3) is 0.333. The average molecular weight is 273 g/mol. The van der Waals surface area contributed by atoms with E-state index in [0.717, 1.165) is 30.7 Å². The molecule has 2 heterocycles. The average Bonchev–Trinajstić information content (AvgIpc) is 2.59. The first-order valence-electron chi connectivity index (χ1n) is 6.66. The normalized spacial score (nSPS) is 21.3. The first-order valence-corrected chi connectivity index (χ1v) is 6.66. The second kappa shape index (κ2) is 5.00. The molecular formula is C15H15NO4. The van der Waals surface area contributed by atoms with Crippen molar-refractivity contribution in [1.29, 1.82) is 0 Å². The van der Waals surface area contributed by atoms with E-state index in [1.54, 1.807) is 0 Å². The molecule has 104 valence electrons. The second-order valence-corrected chi connectivity index (χ2v) is 4.83. The molecule has 5 nitrogen and oxygen atoms in total. The number of nitrogens with zero attached hydrogens (tertiary/aromatic N) is 1. The minimum atomic E-state index is -1.32. The molecule has 2 aliphatic heterocycles. The van der Waals surface area contributed by atoms with Crippen molar-refractivity contribution in [1.82, 2.24) is 0 Å². The highest BCUT2D eigenvalue weighted by molar-refractivity contribution is 5.93. The quantitative estimate of drug-likeness (QED) is 0.732. The van der Waals surface area contributed by atoms with Crippen LogP contribution in [0.3, 0.4) is 0 Å². The molecule has 0 unspecified atom stereocenters. The molecule has 0 atom stereocenters. The summed E-state index contributed by atoms with van der Waals surface area (Å²) in [6, 6.07) is 9.53. The van der Waals surface area contributed by atoms with Gasteiger partial charge in [-0.15, -0.1) is 0 Å². The van der Waals surface area contributed by atoms with Crippen LogP contribution in [0.15, 0.2) is 42.5 Å². The van der Waals surface area contributed by atoms with Gasteiger partial charge in [0.05, 0.1) is 0 Å². The minimum absolute atomic E-state index is 0.473. The van der Waals surface area contributed by atoms with E-state index in [2.05, 4.69) is 0 Å². The molecule has 0 aliphatic carbocycles. The van der Waals surface area contributed by atoms with E-state index in [4.69, 9.17) is 9.47 Å². The molecule has 0 aromatic heterocycles. The summed E-state index contributed by atoms with van der Waals surface area (Å²) in [6.07, 6.45) is 4.48. The van der Waals surface area contributed by atoms with Crippen molar-refractivity contribution in [3.8, 4) is 0 Å². The van der Waals surface area contributed by atoms with E-state index < -0.39 is 17.8 Å². The van der Waals surface area contributed by atoms with E-state index in [1.807, 2.05) is 35.2 Å². The second-order valence-electron chi connectivity index (χ2n) is 4.83. The highest BCUT2D eigenvalue weighted by atomic mass is 16.8. The zero-order valence-electron chi connectivity index (χ0n) is 11.0. The van der Waals surface area contributed by atoms with Gasteiger partial charge in [-0.1, -0.05) is 18.2 Å². The van der Waals surface area contributed by atoms with E-state index in [1.165, 1.54) is 0 Å². The third-order valence-electron chi connectivity index (χ3n) is 3.48. The van der Waals surface area contributed by atoms with Crippen LogP contribution in [-0.2, 0) is 19.1 Å². The first-order chi connectivity index (χ1) is 9.70. The Kier molecular flexibility index (Phi) is 3.18. The predicted octanol–water partition coefficient (Wildman–Crippen LogP) is 1.99. The molecule has 1 aromatic carbocycles. The van der Waals surface area contributed by atoms with Crippen molar-refractivity contribution >= 4 is 17.6 Å². The Morgan fingerprint density at radius 3 is 2.25 bits per heavy atom. The summed E-state index contributed by atoms with van der Waals surface area (Å²) in [5, 5.41) is 0. The maximum atomic E-state index is 11.7. The molecular weight excluding hydrogens is 258 g/mol. The number of rotatable bonds is 1. The SMILES string of the molecule is O=C1C=CC(=O)OC2(CCCCN2c2ccccc2)O1. The largest absolute Gasteiger partial charge is 0.400 e. The molecule has 3 rings (SSSR count). The summed E-state index contributed by atoms with van der Waals surface area (Å²) in [6.45, 7) is 0.671. The van der Waals surface area contributed by atoms with Crippen LogP contribution in [0.25, 0.3) is 0 Å². The molecule has 1 saturated heterocycles. The monoisotopic (exact) mass is 273 g/mol. The van der Waals surface area contributed by atoms with E-state index in [9.17, 15) is 9.59 Å². The summed E-state index contributed by atoms with van der Waals surface area (Å²) < 4.78 is 10.9. The number of hydrogen-bond donors (Lipinski definition) is 0. The lowest BCUT2D eigenvalue weighted by Gasteiger charge is -2.44. The number of anilines is 1. The van der Waals surface area contributed by atoms with Gasteiger partial charge >= 0.3 is 17.8 Å². The topological polar surface area (TPSA) is 55.8 Å². The number of esters is 2. The highest BCUT2D eigenvalue weighted by Gasteiger charge is 2.47. The molecule has 0 N–H and O–H groups in total. The molecule has 0 amide bonds. The zero-order valence-corrected chi connectivity index (χ0v) is 11.0.